The summed E-state index contributed by atoms with van der Waals surface area (Å²) in [6.45, 7) is 5.42. The molecule has 0 aliphatic heterocycles. The Labute approximate surface area is 96.4 Å². The number of ether oxygens (including phenoxy) is 2. The maximum Gasteiger partial charge on any atom is 0.194 e. The summed E-state index contributed by atoms with van der Waals surface area (Å²) >= 11 is 0. The van der Waals surface area contributed by atoms with Gasteiger partial charge in [-0.15, -0.1) is 0 Å². The predicted octanol–water partition coefficient (Wildman–Crippen LogP) is 2.61. The van der Waals surface area contributed by atoms with Crippen LogP contribution in [-0.2, 0) is 4.74 Å². The molecule has 0 aliphatic rings. The number of Topliss-reactive ketones (excluding diaryl/α,β-unsaturated/α-hetero) is 1. The van der Waals surface area contributed by atoms with Crippen molar-refractivity contribution in [3.8, 4) is 5.75 Å². The van der Waals surface area contributed by atoms with Crippen molar-refractivity contribution in [2.45, 2.75) is 26.4 Å². The molecule has 3 nitrogen and oxygen atoms in total. The number of hydrogen-bond acceptors (Lipinski definition) is 3. The zero-order chi connectivity index (χ0) is 12.3. The zero-order valence-electron chi connectivity index (χ0n) is 10.5. The lowest BCUT2D eigenvalue weighted by Crippen LogP contribution is -2.34. The SMILES string of the molecule is COc1ccc(C(=O)C(C)(C)OC)c(C)c1. The van der Waals surface area contributed by atoms with E-state index in [0.29, 0.717) is 5.56 Å². The highest BCUT2D eigenvalue weighted by Gasteiger charge is 2.29. The highest BCUT2D eigenvalue weighted by molar-refractivity contribution is 6.03. The Morgan fingerprint density at radius 2 is 1.88 bits per heavy atom. The van der Waals surface area contributed by atoms with Gasteiger partial charge in [0, 0.05) is 12.7 Å². The van der Waals surface area contributed by atoms with Gasteiger partial charge in [-0.25, -0.2) is 0 Å². The zero-order valence-corrected chi connectivity index (χ0v) is 10.5. The first-order valence-corrected chi connectivity index (χ1v) is 5.17. The monoisotopic (exact) mass is 222 g/mol. The Bertz CT molecular complexity index is 394. The number of carbonyl (C=O) groups is 1. The molecule has 0 aliphatic carbocycles. The first kappa shape index (κ1) is 12.7. The Balaban J connectivity index is 3.10. The maximum absolute atomic E-state index is 12.2. The van der Waals surface area contributed by atoms with Gasteiger partial charge in [-0.1, -0.05) is 0 Å². The molecule has 0 atom stereocenters. The van der Waals surface area contributed by atoms with Gasteiger partial charge in [0.25, 0.3) is 0 Å². The number of hydrogen-bond donors (Lipinski definition) is 0. The molecule has 0 radical (unpaired) electrons. The fourth-order valence-corrected chi connectivity index (χ4v) is 1.43. The van der Waals surface area contributed by atoms with Crippen molar-refractivity contribution >= 4 is 5.78 Å². The fourth-order valence-electron chi connectivity index (χ4n) is 1.43. The molecule has 0 fully saturated rings. The van der Waals surface area contributed by atoms with Crippen LogP contribution in [0.1, 0.15) is 29.8 Å². The minimum atomic E-state index is -0.792. The molecule has 88 valence electrons. The molecule has 0 bridgehead atoms. The van der Waals surface area contributed by atoms with E-state index < -0.39 is 5.60 Å². The van der Waals surface area contributed by atoms with Crippen molar-refractivity contribution in [3.63, 3.8) is 0 Å². The first-order valence-electron chi connectivity index (χ1n) is 5.17. The Hall–Kier alpha value is -1.35. The smallest absolute Gasteiger partial charge is 0.194 e. The highest BCUT2D eigenvalue weighted by Crippen LogP contribution is 2.22. The second-order valence-electron chi connectivity index (χ2n) is 4.22. The third-order valence-electron chi connectivity index (χ3n) is 2.74. The lowest BCUT2D eigenvalue weighted by molar-refractivity contribution is 0.0227. The quantitative estimate of drug-likeness (QED) is 0.734. The number of benzene rings is 1. The molecule has 0 amide bonds. The summed E-state index contributed by atoms with van der Waals surface area (Å²) in [5, 5.41) is 0. The molecule has 0 spiro atoms. The summed E-state index contributed by atoms with van der Waals surface area (Å²) in [4.78, 5) is 12.2. The second kappa shape index (κ2) is 4.66. The van der Waals surface area contributed by atoms with Crippen LogP contribution in [0.2, 0.25) is 0 Å². The Morgan fingerprint density at radius 3 is 2.31 bits per heavy atom. The van der Waals surface area contributed by atoms with Crippen LogP contribution < -0.4 is 4.74 Å². The maximum atomic E-state index is 12.2. The number of rotatable bonds is 4. The van der Waals surface area contributed by atoms with E-state index in [1.165, 1.54) is 7.11 Å². The largest absolute Gasteiger partial charge is 0.497 e. The van der Waals surface area contributed by atoms with Crippen molar-refractivity contribution in [3.05, 3.63) is 29.3 Å². The van der Waals surface area contributed by atoms with Crippen LogP contribution in [0.4, 0.5) is 0 Å². The van der Waals surface area contributed by atoms with Gasteiger partial charge in [-0.2, -0.15) is 0 Å². The summed E-state index contributed by atoms with van der Waals surface area (Å²) < 4.78 is 10.3. The van der Waals surface area contributed by atoms with Gasteiger partial charge in [0.15, 0.2) is 5.78 Å². The Morgan fingerprint density at radius 1 is 1.25 bits per heavy atom. The average molecular weight is 222 g/mol. The van der Waals surface area contributed by atoms with Crippen LogP contribution in [0.5, 0.6) is 5.75 Å². The van der Waals surface area contributed by atoms with E-state index in [1.54, 1.807) is 33.1 Å². The van der Waals surface area contributed by atoms with Gasteiger partial charge in [0.1, 0.15) is 11.4 Å². The standard InChI is InChI=1S/C13H18O3/c1-9-8-10(15-4)6-7-11(9)12(14)13(2,3)16-5/h6-8H,1-5H3. The first-order chi connectivity index (χ1) is 7.42. The molecule has 16 heavy (non-hydrogen) atoms. The van der Waals surface area contributed by atoms with Gasteiger partial charge in [-0.05, 0) is 44.5 Å². The van der Waals surface area contributed by atoms with Crippen LogP contribution in [0, 0.1) is 6.92 Å². The lowest BCUT2D eigenvalue weighted by Gasteiger charge is -2.22. The predicted molar refractivity (Wildman–Crippen MR) is 63.1 cm³/mol. The molecule has 0 heterocycles. The number of aryl methyl sites for hydroxylation is 1. The van der Waals surface area contributed by atoms with E-state index in [9.17, 15) is 4.79 Å². The molecule has 0 saturated carbocycles. The minimum Gasteiger partial charge on any atom is -0.497 e. The van der Waals surface area contributed by atoms with Crippen LogP contribution in [0.25, 0.3) is 0 Å². The van der Waals surface area contributed by atoms with E-state index >= 15 is 0 Å². The molecular formula is C13H18O3. The average Bonchev–Trinajstić information content (AvgIpc) is 2.28. The fraction of sp³-hybridized carbons (Fsp3) is 0.462. The number of methoxy groups -OCH3 is 2. The topological polar surface area (TPSA) is 35.5 Å². The van der Waals surface area contributed by atoms with E-state index in [2.05, 4.69) is 0 Å². The van der Waals surface area contributed by atoms with Gasteiger partial charge in [-0.3, -0.25) is 4.79 Å². The van der Waals surface area contributed by atoms with Crippen LogP contribution >= 0.6 is 0 Å². The van der Waals surface area contributed by atoms with Crippen LogP contribution in [0.3, 0.4) is 0 Å². The molecular weight excluding hydrogens is 204 g/mol. The molecule has 0 unspecified atom stereocenters. The molecule has 0 N–H and O–H groups in total. The van der Waals surface area contributed by atoms with Crippen molar-refractivity contribution in [1.29, 1.82) is 0 Å². The van der Waals surface area contributed by atoms with E-state index in [4.69, 9.17) is 9.47 Å². The van der Waals surface area contributed by atoms with E-state index in [0.717, 1.165) is 11.3 Å². The van der Waals surface area contributed by atoms with Crippen molar-refractivity contribution in [2.24, 2.45) is 0 Å². The lowest BCUT2D eigenvalue weighted by atomic mass is 9.93. The normalized spacial score (nSPS) is 11.3. The summed E-state index contributed by atoms with van der Waals surface area (Å²) in [6.07, 6.45) is 0. The van der Waals surface area contributed by atoms with Crippen molar-refractivity contribution in [1.82, 2.24) is 0 Å². The van der Waals surface area contributed by atoms with Gasteiger partial charge >= 0.3 is 0 Å². The van der Waals surface area contributed by atoms with Gasteiger partial charge in [0.05, 0.1) is 7.11 Å². The van der Waals surface area contributed by atoms with Crippen LogP contribution in [0.15, 0.2) is 18.2 Å². The van der Waals surface area contributed by atoms with E-state index in [1.807, 2.05) is 13.0 Å². The number of carbonyl (C=O) groups excluding carboxylic acids is 1. The highest BCUT2D eigenvalue weighted by atomic mass is 16.5. The third kappa shape index (κ3) is 2.42. The summed E-state index contributed by atoms with van der Waals surface area (Å²) in [7, 11) is 3.14. The molecule has 3 heteroatoms. The molecule has 1 aromatic rings. The molecule has 0 saturated heterocycles. The second-order valence-corrected chi connectivity index (χ2v) is 4.22. The van der Waals surface area contributed by atoms with Crippen LogP contribution in [-0.4, -0.2) is 25.6 Å². The van der Waals surface area contributed by atoms with Gasteiger partial charge in [0.2, 0.25) is 0 Å². The van der Waals surface area contributed by atoms with Crippen molar-refractivity contribution < 1.29 is 14.3 Å². The summed E-state index contributed by atoms with van der Waals surface area (Å²) in [6, 6.07) is 5.40. The number of ketones is 1. The van der Waals surface area contributed by atoms with Gasteiger partial charge < -0.3 is 9.47 Å². The summed E-state index contributed by atoms with van der Waals surface area (Å²) in [5.74, 6) is 0.736. The molecule has 0 aromatic heterocycles. The molecule has 1 rings (SSSR count). The molecule has 1 aromatic carbocycles. The van der Waals surface area contributed by atoms with Crippen molar-refractivity contribution in [2.75, 3.05) is 14.2 Å². The summed E-state index contributed by atoms with van der Waals surface area (Å²) in [5.41, 5.74) is 0.779. The van der Waals surface area contributed by atoms with E-state index in [-0.39, 0.29) is 5.78 Å². The Kier molecular flexibility index (Phi) is 3.70. The third-order valence-corrected chi connectivity index (χ3v) is 2.74. The minimum absolute atomic E-state index is 0.0184.